The quantitative estimate of drug-likeness (QED) is 0.813. The van der Waals surface area contributed by atoms with Crippen molar-refractivity contribution in [3.63, 3.8) is 0 Å². The van der Waals surface area contributed by atoms with Crippen LogP contribution >= 0.6 is 0 Å². The molecular formula is C14H23N3O. The lowest BCUT2D eigenvalue weighted by molar-refractivity contribution is -0.110. The van der Waals surface area contributed by atoms with Gasteiger partial charge in [-0.3, -0.25) is 0 Å². The van der Waals surface area contributed by atoms with Crippen LogP contribution in [0.2, 0.25) is 0 Å². The highest BCUT2D eigenvalue weighted by molar-refractivity contribution is 5.54. The summed E-state index contributed by atoms with van der Waals surface area (Å²) in [6.45, 7) is 6.19. The molecule has 1 saturated heterocycles. The molecular weight excluding hydrogens is 226 g/mol. The van der Waals surface area contributed by atoms with Crippen LogP contribution in [0.1, 0.15) is 17.5 Å². The first kappa shape index (κ1) is 14.6. The lowest BCUT2D eigenvalue weighted by atomic mass is 10.1. The molecule has 1 aromatic rings. The molecule has 0 radical (unpaired) electrons. The van der Waals surface area contributed by atoms with Crippen LogP contribution in [0.4, 0.5) is 5.82 Å². The molecule has 4 nitrogen and oxygen atoms in total. The van der Waals surface area contributed by atoms with Crippen molar-refractivity contribution in [1.29, 1.82) is 0 Å². The topological polar surface area (TPSA) is 45.2 Å². The largest absolute Gasteiger partial charge is 0.373 e. The van der Waals surface area contributed by atoms with Gasteiger partial charge in [0.15, 0.2) is 0 Å². The van der Waals surface area contributed by atoms with Crippen molar-refractivity contribution in [3.05, 3.63) is 23.4 Å². The Morgan fingerprint density at radius 1 is 1.44 bits per heavy atom. The highest BCUT2D eigenvalue weighted by Gasteiger charge is 2.17. The first-order valence-corrected chi connectivity index (χ1v) is 6.31. The first-order valence-electron chi connectivity index (χ1n) is 6.31. The second kappa shape index (κ2) is 7.11. The van der Waals surface area contributed by atoms with E-state index in [1.807, 2.05) is 26.4 Å². The maximum atomic E-state index is 10.1. The number of likely N-dealkylation sites (tertiary alicyclic amines) is 1. The Balaban J connectivity index is 0.000000184. The minimum absolute atomic E-state index is 0.319. The van der Waals surface area contributed by atoms with Gasteiger partial charge in [-0.15, -0.1) is 0 Å². The third kappa shape index (κ3) is 4.45. The average molecular weight is 249 g/mol. The number of aryl methyl sites for hydroxylation is 2. The molecule has 2 rings (SSSR count). The molecule has 1 aliphatic heterocycles. The molecule has 1 aliphatic rings. The van der Waals surface area contributed by atoms with E-state index >= 15 is 0 Å². The molecule has 18 heavy (non-hydrogen) atoms. The number of hydrogen-bond acceptors (Lipinski definition) is 4. The summed E-state index contributed by atoms with van der Waals surface area (Å²) in [5, 5.41) is 2.98. The number of rotatable bonds is 2. The summed E-state index contributed by atoms with van der Waals surface area (Å²) in [6, 6.07) is 2.04. The van der Waals surface area contributed by atoms with Crippen LogP contribution in [0.15, 0.2) is 12.3 Å². The number of aldehydes is 1. The Hall–Kier alpha value is -1.42. The summed E-state index contributed by atoms with van der Waals surface area (Å²) in [5.41, 5.74) is 2.51. The fourth-order valence-corrected chi connectivity index (χ4v) is 1.84. The van der Waals surface area contributed by atoms with Gasteiger partial charge in [0.05, 0.1) is 0 Å². The van der Waals surface area contributed by atoms with Gasteiger partial charge in [-0.2, -0.15) is 0 Å². The number of aromatic nitrogens is 1. The van der Waals surface area contributed by atoms with E-state index in [9.17, 15) is 4.79 Å². The van der Waals surface area contributed by atoms with Crippen LogP contribution in [-0.4, -0.2) is 43.4 Å². The number of nitrogens with one attached hydrogen (secondary N) is 1. The Morgan fingerprint density at radius 2 is 2.17 bits per heavy atom. The van der Waals surface area contributed by atoms with Gasteiger partial charge in [0.1, 0.15) is 12.1 Å². The van der Waals surface area contributed by atoms with Gasteiger partial charge in [-0.1, -0.05) is 0 Å². The zero-order valence-corrected chi connectivity index (χ0v) is 11.7. The molecule has 1 unspecified atom stereocenters. The lowest BCUT2D eigenvalue weighted by Gasteiger charge is -2.02. The number of anilines is 1. The fraction of sp³-hybridized carbons (Fsp3) is 0.571. The smallest absolute Gasteiger partial charge is 0.125 e. The molecule has 2 heterocycles. The molecule has 0 aromatic carbocycles. The summed E-state index contributed by atoms with van der Waals surface area (Å²) in [6.07, 6.45) is 3.99. The van der Waals surface area contributed by atoms with Crippen molar-refractivity contribution in [2.75, 3.05) is 32.5 Å². The van der Waals surface area contributed by atoms with Crippen LogP contribution in [0.3, 0.4) is 0 Å². The lowest BCUT2D eigenvalue weighted by Crippen LogP contribution is -2.14. The Bertz CT molecular complexity index is 393. The van der Waals surface area contributed by atoms with Gasteiger partial charge < -0.3 is 15.0 Å². The molecule has 4 heteroatoms. The SMILES string of the molecule is CN1CCC(C=O)C1.CNc1cc(C)c(C)cn1. The van der Waals surface area contributed by atoms with E-state index in [2.05, 4.69) is 29.0 Å². The van der Waals surface area contributed by atoms with E-state index < -0.39 is 0 Å². The van der Waals surface area contributed by atoms with Crippen LogP contribution < -0.4 is 5.32 Å². The highest BCUT2D eigenvalue weighted by atomic mass is 16.1. The second-order valence-electron chi connectivity index (χ2n) is 4.85. The van der Waals surface area contributed by atoms with Crippen LogP contribution in [0.5, 0.6) is 0 Å². The Morgan fingerprint density at radius 3 is 2.56 bits per heavy atom. The summed E-state index contributed by atoms with van der Waals surface area (Å²) in [5.74, 6) is 1.25. The molecule has 1 N–H and O–H groups in total. The molecule has 0 amide bonds. The van der Waals surface area contributed by atoms with E-state index in [1.54, 1.807) is 0 Å². The van der Waals surface area contributed by atoms with Crippen molar-refractivity contribution in [2.45, 2.75) is 20.3 Å². The summed E-state index contributed by atoms with van der Waals surface area (Å²) < 4.78 is 0. The van der Waals surface area contributed by atoms with Crippen molar-refractivity contribution in [2.24, 2.45) is 5.92 Å². The summed E-state index contributed by atoms with van der Waals surface area (Å²) >= 11 is 0. The maximum Gasteiger partial charge on any atom is 0.125 e. The van der Waals surface area contributed by atoms with Gasteiger partial charge in [0, 0.05) is 25.7 Å². The fourth-order valence-electron chi connectivity index (χ4n) is 1.84. The Labute approximate surface area is 109 Å². The predicted molar refractivity (Wildman–Crippen MR) is 74.9 cm³/mol. The zero-order chi connectivity index (χ0) is 13.5. The number of pyridine rings is 1. The molecule has 0 aliphatic carbocycles. The van der Waals surface area contributed by atoms with Crippen molar-refractivity contribution >= 4 is 12.1 Å². The molecule has 1 fully saturated rings. The maximum absolute atomic E-state index is 10.1. The third-order valence-corrected chi connectivity index (χ3v) is 3.25. The molecule has 0 spiro atoms. The van der Waals surface area contributed by atoms with Gasteiger partial charge in [-0.05, 0) is 51.1 Å². The van der Waals surface area contributed by atoms with E-state index in [4.69, 9.17) is 0 Å². The van der Waals surface area contributed by atoms with Gasteiger partial charge in [0.2, 0.25) is 0 Å². The minimum atomic E-state index is 0.319. The first-order chi connectivity index (χ1) is 8.56. The minimum Gasteiger partial charge on any atom is -0.373 e. The van der Waals surface area contributed by atoms with E-state index in [0.29, 0.717) is 5.92 Å². The third-order valence-electron chi connectivity index (χ3n) is 3.25. The number of nitrogens with zero attached hydrogens (tertiary/aromatic N) is 2. The van der Waals surface area contributed by atoms with Crippen molar-refractivity contribution in [3.8, 4) is 0 Å². The predicted octanol–water partition coefficient (Wildman–Crippen LogP) is 1.88. The van der Waals surface area contributed by atoms with Gasteiger partial charge in [0.25, 0.3) is 0 Å². The molecule has 0 saturated carbocycles. The standard InChI is InChI=1S/C8H12N2.C6H11NO/c1-6-4-8(9-3)10-5-7(6)2;1-7-3-2-6(4-7)5-8/h4-5H,1-3H3,(H,9,10);5-6H,2-4H2,1H3. The van der Waals surface area contributed by atoms with E-state index in [1.165, 1.54) is 11.1 Å². The van der Waals surface area contributed by atoms with Gasteiger partial charge >= 0.3 is 0 Å². The molecule has 1 atom stereocenters. The number of hydrogen-bond donors (Lipinski definition) is 1. The van der Waals surface area contributed by atoms with Crippen molar-refractivity contribution in [1.82, 2.24) is 9.88 Å². The number of carbonyl (C=O) groups excluding carboxylic acids is 1. The van der Waals surface area contributed by atoms with Crippen LogP contribution in [0, 0.1) is 19.8 Å². The van der Waals surface area contributed by atoms with Crippen molar-refractivity contribution < 1.29 is 4.79 Å². The summed E-state index contributed by atoms with van der Waals surface area (Å²) in [7, 11) is 3.92. The monoisotopic (exact) mass is 249 g/mol. The van der Waals surface area contributed by atoms with Crippen LogP contribution in [-0.2, 0) is 4.79 Å². The summed E-state index contributed by atoms with van der Waals surface area (Å²) in [4.78, 5) is 16.5. The van der Waals surface area contributed by atoms with Crippen LogP contribution in [0.25, 0.3) is 0 Å². The average Bonchev–Trinajstić information content (AvgIpc) is 2.79. The molecule has 1 aromatic heterocycles. The highest BCUT2D eigenvalue weighted by Crippen LogP contribution is 2.10. The molecule has 0 bridgehead atoms. The second-order valence-corrected chi connectivity index (χ2v) is 4.85. The zero-order valence-electron chi connectivity index (χ0n) is 11.7. The Kier molecular flexibility index (Phi) is 5.78. The number of carbonyl (C=O) groups is 1. The van der Waals surface area contributed by atoms with E-state index in [0.717, 1.165) is 31.6 Å². The van der Waals surface area contributed by atoms with E-state index in [-0.39, 0.29) is 0 Å². The van der Waals surface area contributed by atoms with Gasteiger partial charge in [-0.25, -0.2) is 4.98 Å². The molecule has 100 valence electrons. The normalized spacial score (nSPS) is 19.0.